The molecule has 1 amide bonds. The van der Waals surface area contributed by atoms with Gasteiger partial charge < -0.3 is 4.74 Å². The molecule has 0 aliphatic heterocycles. The van der Waals surface area contributed by atoms with Crippen molar-refractivity contribution in [2.75, 3.05) is 7.11 Å². The summed E-state index contributed by atoms with van der Waals surface area (Å²) < 4.78 is 5.21. The van der Waals surface area contributed by atoms with Gasteiger partial charge in [-0.05, 0) is 36.3 Å². The number of ether oxygens (including phenoxy) is 1. The van der Waals surface area contributed by atoms with Gasteiger partial charge in [0.25, 0.3) is 5.91 Å². The molecule has 136 valence electrons. The second-order valence-electron chi connectivity index (χ2n) is 5.90. The van der Waals surface area contributed by atoms with E-state index in [1.165, 1.54) is 0 Å². The molecule has 3 aromatic rings. The van der Waals surface area contributed by atoms with Crippen molar-refractivity contribution in [1.82, 2.24) is 15.6 Å². The highest BCUT2D eigenvalue weighted by Gasteiger charge is 2.10. The van der Waals surface area contributed by atoms with Gasteiger partial charge in [-0.15, -0.1) is 0 Å². The van der Waals surface area contributed by atoms with Crippen LogP contribution in [0.3, 0.4) is 0 Å². The minimum atomic E-state index is -0.361. The number of carbonyl (C=O) groups excluding carboxylic acids is 1. The van der Waals surface area contributed by atoms with Crippen LogP contribution in [0.15, 0.2) is 71.3 Å². The zero-order chi connectivity index (χ0) is 19.1. The average Bonchev–Trinajstić information content (AvgIpc) is 3.19. The van der Waals surface area contributed by atoms with Crippen LogP contribution in [0.4, 0.5) is 0 Å². The fourth-order valence-electron chi connectivity index (χ4n) is 2.47. The summed E-state index contributed by atoms with van der Waals surface area (Å²) in [4.78, 5) is 12.2. The van der Waals surface area contributed by atoms with Crippen LogP contribution >= 0.6 is 0 Å². The summed E-state index contributed by atoms with van der Waals surface area (Å²) in [6, 6.07) is 19.0. The fraction of sp³-hybridized carbons (Fsp3) is 0.0952. The first kappa shape index (κ1) is 18.1. The number of benzene rings is 2. The second-order valence-corrected chi connectivity index (χ2v) is 5.90. The largest absolute Gasteiger partial charge is 0.497 e. The molecule has 0 bridgehead atoms. The van der Waals surface area contributed by atoms with Crippen LogP contribution in [0, 0.1) is 0 Å². The lowest BCUT2D eigenvalue weighted by Gasteiger charge is -2.00. The first-order valence-corrected chi connectivity index (χ1v) is 8.42. The zero-order valence-electron chi connectivity index (χ0n) is 15.1. The van der Waals surface area contributed by atoms with E-state index >= 15 is 0 Å². The maximum absolute atomic E-state index is 12.2. The van der Waals surface area contributed by atoms with Gasteiger partial charge in [-0.1, -0.05) is 48.5 Å². The number of hydrazone groups is 1. The number of allylic oxidation sites excluding steroid dienone is 1. The summed E-state index contributed by atoms with van der Waals surface area (Å²) in [7, 11) is 1.61. The maximum Gasteiger partial charge on any atom is 0.289 e. The summed E-state index contributed by atoms with van der Waals surface area (Å²) in [5.74, 6) is 0.368. The highest BCUT2D eigenvalue weighted by Crippen LogP contribution is 2.22. The van der Waals surface area contributed by atoms with Crippen molar-refractivity contribution in [2.24, 2.45) is 5.10 Å². The fourth-order valence-corrected chi connectivity index (χ4v) is 2.47. The molecular weight excluding hydrogens is 340 g/mol. The van der Waals surface area contributed by atoms with Crippen molar-refractivity contribution in [3.63, 3.8) is 0 Å². The molecule has 6 nitrogen and oxygen atoms in total. The number of rotatable bonds is 6. The molecule has 0 fully saturated rings. The molecule has 0 saturated carbocycles. The van der Waals surface area contributed by atoms with Gasteiger partial charge in [-0.3, -0.25) is 9.89 Å². The number of hydrogen-bond donors (Lipinski definition) is 2. The summed E-state index contributed by atoms with van der Waals surface area (Å²) in [6.07, 6.45) is 3.58. The average molecular weight is 360 g/mol. The normalized spacial score (nSPS) is 11.6. The highest BCUT2D eigenvalue weighted by atomic mass is 16.5. The van der Waals surface area contributed by atoms with Crippen LogP contribution in [0.5, 0.6) is 5.75 Å². The minimum absolute atomic E-state index is 0.328. The number of aromatic amines is 1. The van der Waals surface area contributed by atoms with Crippen LogP contribution in [-0.2, 0) is 0 Å². The van der Waals surface area contributed by atoms with E-state index in [1.54, 1.807) is 19.4 Å². The maximum atomic E-state index is 12.2. The van der Waals surface area contributed by atoms with Gasteiger partial charge in [-0.2, -0.15) is 10.2 Å². The number of methoxy groups -OCH3 is 1. The Morgan fingerprint density at radius 2 is 1.96 bits per heavy atom. The van der Waals surface area contributed by atoms with Crippen LogP contribution in [0.25, 0.3) is 17.3 Å². The summed E-state index contributed by atoms with van der Waals surface area (Å²) in [5, 5.41) is 10.9. The van der Waals surface area contributed by atoms with Gasteiger partial charge in [0.2, 0.25) is 0 Å². The Morgan fingerprint density at radius 3 is 2.74 bits per heavy atom. The Hall–Kier alpha value is -3.67. The molecule has 0 spiro atoms. The molecule has 0 saturated heterocycles. The number of nitrogens with one attached hydrogen (secondary N) is 2. The lowest BCUT2D eigenvalue weighted by molar-refractivity contribution is 0.0950. The summed E-state index contributed by atoms with van der Waals surface area (Å²) in [5.41, 5.74) is 6.33. The van der Waals surface area contributed by atoms with Crippen LogP contribution in [-0.4, -0.2) is 29.4 Å². The lowest BCUT2D eigenvalue weighted by atomic mass is 10.1. The Morgan fingerprint density at radius 1 is 1.15 bits per heavy atom. The van der Waals surface area contributed by atoms with Crippen molar-refractivity contribution in [3.05, 3.63) is 77.5 Å². The van der Waals surface area contributed by atoms with E-state index in [9.17, 15) is 4.79 Å². The molecule has 6 heteroatoms. The Kier molecular flexibility index (Phi) is 5.79. The van der Waals surface area contributed by atoms with Crippen LogP contribution in [0.1, 0.15) is 23.0 Å². The highest BCUT2D eigenvalue weighted by molar-refractivity contribution is 5.94. The molecule has 27 heavy (non-hydrogen) atoms. The second kappa shape index (κ2) is 8.62. The number of hydrogen-bond acceptors (Lipinski definition) is 4. The summed E-state index contributed by atoms with van der Waals surface area (Å²) in [6.45, 7) is 1.92. The van der Waals surface area contributed by atoms with Gasteiger partial charge in [-0.25, -0.2) is 5.43 Å². The Bertz CT molecular complexity index is 975. The van der Waals surface area contributed by atoms with E-state index in [-0.39, 0.29) is 5.91 Å². The standard InChI is InChI=1S/C21H20N4O2/c1-15(11-16-7-4-3-5-8-16)14-22-25-21(26)20-13-19(23-24-20)17-9-6-10-18(12-17)27-2/h3-14H,1-2H3,(H,23,24)(H,25,26)/b15-11+,22-14+. The van der Waals surface area contributed by atoms with Crippen LogP contribution in [0.2, 0.25) is 0 Å². The number of aromatic nitrogens is 2. The number of amides is 1. The molecule has 3 rings (SSSR count). The van der Waals surface area contributed by atoms with Crippen molar-refractivity contribution < 1.29 is 9.53 Å². The van der Waals surface area contributed by atoms with Crippen molar-refractivity contribution >= 4 is 18.2 Å². The van der Waals surface area contributed by atoms with Crippen molar-refractivity contribution in [1.29, 1.82) is 0 Å². The van der Waals surface area contributed by atoms with Gasteiger partial charge in [0.1, 0.15) is 11.4 Å². The van der Waals surface area contributed by atoms with E-state index < -0.39 is 0 Å². The third-order valence-electron chi connectivity index (χ3n) is 3.82. The number of H-pyrrole nitrogens is 1. The number of carbonyl (C=O) groups is 1. The minimum Gasteiger partial charge on any atom is -0.497 e. The van der Waals surface area contributed by atoms with E-state index in [0.717, 1.165) is 22.4 Å². The quantitative estimate of drug-likeness (QED) is 0.517. The van der Waals surface area contributed by atoms with Gasteiger partial charge in [0.15, 0.2) is 0 Å². The Balaban J connectivity index is 1.63. The predicted octanol–water partition coefficient (Wildman–Crippen LogP) is 3.90. The molecule has 2 aromatic carbocycles. The molecule has 0 aliphatic carbocycles. The predicted molar refractivity (Wildman–Crippen MR) is 107 cm³/mol. The van der Waals surface area contributed by atoms with Gasteiger partial charge in [0.05, 0.1) is 19.0 Å². The third kappa shape index (κ3) is 4.92. The van der Waals surface area contributed by atoms with Crippen molar-refractivity contribution in [2.45, 2.75) is 6.92 Å². The molecule has 1 aromatic heterocycles. The molecule has 2 N–H and O–H groups in total. The third-order valence-corrected chi connectivity index (χ3v) is 3.82. The van der Waals surface area contributed by atoms with Gasteiger partial charge >= 0.3 is 0 Å². The summed E-state index contributed by atoms with van der Waals surface area (Å²) >= 11 is 0. The zero-order valence-corrected chi connectivity index (χ0v) is 15.1. The number of nitrogens with zero attached hydrogens (tertiary/aromatic N) is 2. The molecule has 1 heterocycles. The molecule has 0 atom stereocenters. The van der Waals surface area contributed by atoms with E-state index in [2.05, 4.69) is 20.7 Å². The molecule has 0 radical (unpaired) electrons. The first-order valence-electron chi connectivity index (χ1n) is 8.42. The Labute approximate surface area is 157 Å². The van der Waals surface area contributed by atoms with Crippen molar-refractivity contribution in [3.8, 4) is 17.0 Å². The van der Waals surface area contributed by atoms with Crippen LogP contribution < -0.4 is 10.2 Å². The van der Waals surface area contributed by atoms with Gasteiger partial charge in [0, 0.05) is 5.56 Å². The molecule has 0 unspecified atom stereocenters. The molecular formula is C21H20N4O2. The smallest absolute Gasteiger partial charge is 0.289 e. The van der Waals surface area contributed by atoms with E-state index in [1.807, 2.05) is 67.6 Å². The monoisotopic (exact) mass is 360 g/mol. The lowest BCUT2D eigenvalue weighted by Crippen LogP contribution is -2.17. The first-order chi connectivity index (χ1) is 13.2. The van der Waals surface area contributed by atoms with E-state index in [0.29, 0.717) is 11.4 Å². The molecule has 0 aliphatic rings. The SMILES string of the molecule is COc1cccc(-c2cc(C(=O)N/N=C/C(C)=C/c3ccccc3)[nH]n2)c1. The van der Waals surface area contributed by atoms with E-state index in [4.69, 9.17) is 4.74 Å². The topological polar surface area (TPSA) is 79.4 Å².